The Hall–Kier alpha value is -1.30. The fourth-order valence-electron chi connectivity index (χ4n) is 2.62. The van der Waals surface area contributed by atoms with Crippen LogP contribution in [-0.4, -0.2) is 43.7 Å². The Kier molecular flexibility index (Phi) is 5.45. The molecule has 2 rings (SSSR count). The van der Waals surface area contributed by atoms with Crippen LogP contribution < -0.4 is 11.1 Å². The summed E-state index contributed by atoms with van der Waals surface area (Å²) in [6, 6.07) is 4.88. The van der Waals surface area contributed by atoms with E-state index in [4.69, 9.17) is 22.1 Å². The second kappa shape index (κ2) is 7.11. The summed E-state index contributed by atoms with van der Waals surface area (Å²) in [6.45, 7) is 4.46. The number of nitrogens with one attached hydrogen (secondary N) is 1. The molecule has 1 fully saturated rings. The fourth-order valence-corrected chi connectivity index (χ4v) is 2.86. The molecule has 1 saturated heterocycles. The quantitative estimate of drug-likeness (QED) is 0.818. The van der Waals surface area contributed by atoms with Crippen molar-refractivity contribution in [1.29, 1.82) is 0 Å². The summed E-state index contributed by atoms with van der Waals surface area (Å²) < 4.78 is 5.18. The maximum atomic E-state index is 12.3. The van der Waals surface area contributed by atoms with Gasteiger partial charge in [-0.2, -0.15) is 0 Å². The Morgan fingerprint density at radius 1 is 1.62 bits per heavy atom. The molecule has 0 radical (unpaired) electrons. The number of rotatable bonds is 5. The van der Waals surface area contributed by atoms with Gasteiger partial charge in [-0.05, 0) is 44.0 Å². The van der Waals surface area contributed by atoms with Gasteiger partial charge in [-0.25, -0.2) is 0 Å². The summed E-state index contributed by atoms with van der Waals surface area (Å²) in [6.07, 6.45) is 1.06. The lowest BCUT2D eigenvalue weighted by atomic mass is 10.1. The minimum atomic E-state index is -0.194. The first-order valence-corrected chi connectivity index (χ1v) is 7.48. The highest BCUT2D eigenvalue weighted by atomic mass is 35.5. The van der Waals surface area contributed by atoms with Gasteiger partial charge < -0.3 is 15.8 Å². The van der Waals surface area contributed by atoms with Crippen molar-refractivity contribution >= 4 is 28.9 Å². The third-order valence-corrected chi connectivity index (χ3v) is 4.21. The molecule has 1 aromatic rings. The number of nitrogens with two attached hydrogens (primary N) is 1. The molecule has 0 saturated carbocycles. The van der Waals surface area contributed by atoms with Crippen molar-refractivity contribution < 1.29 is 9.53 Å². The largest absolute Gasteiger partial charge is 0.399 e. The molecule has 0 aliphatic carbocycles. The van der Waals surface area contributed by atoms with Gasteiger partial charge in [0.25, 0.3) is 0 Å². The number of ether oxygens (including phenoxy) is 1. The molecule has 6 heteroatoms. The monoisotopic (exact) mass is 311 g/mol. The zero-order chi connectivity index (χ0) is 15.4. The molecule has 5 nitrogen and oxygen atoms in total. The molecule has 1 aliphatic rings. The minimum absolute atomic E-state index is 0.0558. The standard InChI is InChI=1S/C15H22ClN3O2/c1-10(19-6-5-11(8-19)9-21-2)15(20)18-14-4-3-12(17)7-13(14)16/h3-4,7,10-11H,5-6,8-9,17H2,1-2H3,(H,18,20). The molecule has 1 amide bonds. The van der Waals surface area contributed by atoms with Crippen molar-refractivity contribution in [3.63, 3.8) is 0 Å². The summed E-state index contributed by atoms with van der Waals surface area (Å²) in [7, 11) is 1.71. The van der Waals surface area contributed by atoms with Gasteiger partial charge in [0.05, 0.1) is 23.4 Å². The number of hydrogen-bond donors (Lipinski definition) is 2. The van der Waals surface area contributed by atoms with E-state index in [9.17, 15) is 4.79 Å². The van der Waals surface area contributed by atoms with Crippen molar-refractivity contribution in [2.45, 2.75) is 19.4 Å². The second-order valence-corrected chi connectivity index (χ2v) is 5.92. The van der Waals surface area contributed by atoms with Gasteiger partial charge in [0, 0.05) is 19.3 Å². The van der Waals surface area contributed by atoms with Gasteiger partial charge in [-0.1, -0.05) is 11.6 Å². The predicted octanol–water partition coefficient (Wildman–Crippen LogP) is 2.22. The summed E-state index contributed by atoms with van der Waals surface area (Å²) in [5, 5.41) is 3.31. The number of carbonyl (C=O) groups excluding carboxylic acids is 1. The van der Waals surface area contributed by atoms with Crippen LogP contribution in [-0.2, 0) is 9.53 Å². The van der Waals surface area contributed by atoms with Crippen molar-refractivity contribution in [2.75, 3.05) is 37.9 Å². The summed E-state index contributed by atoms with van der Waals surface area (Å²) in [4.78, 5) is 14.5. The van der Waals surface area contributed by atoms with Crippen LogP contribution in [0.3, 0.4) is 0 Å². The maximum Gasteiger partial charge on any atom is 0.241 e. The zero-order valence-corrected chi connectivity index (χ0v) is 13.2. The van der Waals surface area contributed by atoms with Crippen LogP contribution in [0.25, 0.3) is 0 Å². The number of carbonyl (C=O) groups is 1. The molecule has 1 heterocycles. The molecule has 0 aromatic heterocycles. The molecule has 0 bridgehead atoms. The SMILES string of the molecule is COCC1CCN(C(C)C(=O)Nc2ccc(N)cc2Cl)C1. The van der Waals surface area contributed by atoms with E-state index in [0.29, 0.717) is 22.3 Å². The normalized spacial score (nSPS) is 20.4. The molecule has 21 heavy (non-hydrogen) atoms. The Labute approximate surface area is 130 Å². The molecular formula is C15H22ClN3O2. The van der Waals surface area contributed by atoms with E-state index in [-0.39, 0.29) is 11.9 Å². The number of benzene rings is 1. The highest BCUT2D eigenvalue weighted by Gasteiger charge is 2.29. The Balaban J connectivity index is 1.94. The lowest BCUT2D eigenvalue weighted by Crippen LogP contribution is -2.40. The average molecular weight is 312 g/mol. The van der Waals surface area contributed by atoms with E-state index in [1.807, 2.05) is 6.92 Å². The Bertz CT molecular complexity index is 510. The van der Waals surface area contributed by atoms with E-state index in [0.717, 1.165) is 26.1 Å². The molecule has 1 aromatic carbocycles. The number of amides is 1. The van der Waals surface area contributed by atoms with Crippen LogP contribution in [0.4, 0.5) is 11.4 Å². The van der Waals surface area contributed by atoms with Gasteiger partial charge in [0.2, 0.25) is 5.91 Å². The highest BCUT2D eigenvalue weighted by molar-refractivity contribution is 6.34. The molecular weight excluding hydrogens is 290 g/mol. The van der Waals surface area contributed by atoms with Crippen LogP contribution in [0, 0.1) is 5.92 Å². The lowest BCUT2D eigenvalue weighted by molar-refractivity contribution is -0.120. The van der Waals surface area contributed by atoms with Gasteiger partial charge >= 0.3 is 0 Å². The van der Waals surface area contributed by atoms with Crippen LogP contribution in [0.1, 0.15) is 13.3 Å². The van der Waals surface area contributed by atoms with Gasteiger partial charge in [0.15, 0.2) is 0 Å². The topological polar surface area (TPSA) is 67.6 Å². The molecule has 116 valence electrons. The third kappa shape index (κ3) is 4.09. The molecule has 2 atom stereocenters. The van der Waals surface area contributed by atoms with Gasteiger partial charge in [0.1, 0.15) is 0 Å². The van der Waals surface area contributed by atoms with E-state index in [1.165, 1.54) is 0 Å². The predicted molar refractivity (Wildman–Crippen MR) is 85.5 cm³/mol. The van der Waals surface area contributed by atoms with Crippen LogP contribution in [0.15, 0.2) is 18.2 Å². The summed E-state index contributed by atoms with van der Waals surface area (Å²) in [5.41, 5.74) is 6.81. The van der Waals surface area contributed by atoms with E-state index < -0.39 is 0 Å². The van der Waals surface area contributed by atoms with Crippen molar-refractivity contribution in [3.05, 3.63) is 23.2 Å². The number of hydrogen-bond acceptors (Lipinski definition) is 4. The van der Waals surface area contributed by atoms with Crippen LogP contribution in [0.2, 0.25) is 5.02 Å². The smallest absolute Gasteiger partial charge is 0.241 e. The first-order chi connectivity index (χ1) is 10.0. The molecule has 1 aliphatic heterocycles. The van der Waals surface area contributed by atoms with E-state index >= 15 is 0 Å². The molecule has 0 spiro atoms. The zero-order valence-electron chi connectivity index (χ0n) is 12.4. The number of methoxy groups -OCH3 is 1. The summed E-state index contributed by atoms with van der Waals surface area (Å²) in [5.74, 6) is 0.449. The first-order valence-electron chi connectivity index (χ1n) is 7.10. The molecule has 2 unspecified atom stereocenters. The van der Waals surface area contributed by atoms with Gasteiger partial charge in [-0.15, -0.1) is 0 Å². The van der Waals surface area contributed by atoms with E-state index in [2.05, 4.69) is 10.2 Å². The fraction of sp³-hybridized carbons (Fsp3) is 0.533. The van der Waals surface area contributed by atoms with Crippen molar-refractivity contribution in [2.24, 2.45) is 5.92 Å². The summed E-state index contributed by atoms with van der Waals surface area (Å²) >= 11 is 6.08. The van der Waals surface area contributed by atoms with Crippen molar-refractivity contribution in [1.82, 2.24) is 4.90 Å². The van der Waals surface area contributed by atoms with Crippen LogP contribution >= 0.6 is 11.6 Å². The number of nitrogen functional groups attached to an aromatic ring is 1. The van der Waals surface area contributed by atoms with Gasteiger partial charge in [-0.3, -0.25) is 9.69 Å². The number of halogens is 1. The third-order valence-electron chi connectivity index (χ3n) is 3.90. The Morgan fingerprint density at radius 2 is 2.38 bits per heavy atom. The van der Waals surface area contributed by atoms with Crippen LogP contribution in [0.5, 0.6) is 0 Å². The maximum absolute atomic E-state index is 12.3. The lowest BCUT2D eigenvalue weighted by Gasteiger charge is -2.23. The average Bonchev–Trinajstić information content (AvgIpc) is 2.90. The van der Waals surface area contributed by atoms with E-state index in [1.54, 1.807) is 25.3 Å². The Morgan fingerprint density at radius 3 is 3.05 bits per heavy atom. The minimum Gasteiger partial charge on any atom is -0.399 e. The highest BCUT2D eigenvalue weighted by Crippen LogP contribution is 2.25. The number of likely N-dealkylation sites (tertiary alicyclic amines) is 1. The number of anilines is 2. The first kappa shape index (κ1) is 16.1. The molecule has 3 N–H and O–H groups in total. The number of nitrogens with zero attached hydrogens (tertiary/aromatic N) is 1. The second-order valence-electron chi connectivity index (χ2n) is 5.51. The van der Waals surface area contributed by atoms with Crippen molar-refractivity contribution in [3.8, 4) is 0 Å².